The van der Waals surface area contributed by atoms with Gasteiger partial charge in [0.15, 0.2) is 5.82 Å². The van der Waals surface area contributed by atoms with E-state index >= 15 is 0 Å². The Kier molecular flexibility index (Phi) is 6.18. The molecule has 1 aromatic carbocycles. The first-order valence-electron chi connectivity index (χ1n) is 10.8. The van der Waals surface area contributed by atoms with E-state index in [1.807, 2.05) is 37.3 Å². The Bertz CT molecular complexity index is 1110. The van der Waals surface area contributed by atoms with Crippen LogP contribution in [0, 0.1) is 12.7 Å². The average Bonchev–Trinajstić information content (AvgIpc) is 3.42. The fourth-order valence-electron chi connectivity index (χ4n) is 4.08. The smallest absolute Gasteiger partial charge is 0.253 e. The van der Waals surface area contributed by atoms with Gasteiger partial charge in [-0.1, -0.05) is 0 Å². The highest BCUT2D eigenvalue weighted by molar-refractivity contribution is 5.94. The molecule has 2 N–H and O–H groups in total. The summed E-state index contributed by atoms with van der Waals surface area (Å²) in [5, 5.41) is 6.31. The standard InChI is InChI=1S/C23H28FN7O/c1-14(2)31-15(3)26-12-20(31)21-19(24)11-27-23(29-21)28-17-7-5-16(6-8-17)22(32)30-10-9-18(13-30)25-4/h5-8,11-12,14,18,25H,9-10,13H2,1-4H3,(H,27,28,29)/t18-/m0/s1. The maximum Gasteiger partial charge on any atom is 0.253 e. The number of amides is 1. The lowest BCUT2D eigenvalue weighted by Crippen LogP contribution is -2.33. The number of nitrogens with one attached hydrogen (secondary N) is 2. The van der Waals surface area contributed by atoms with Crippen LogP contribution in [0.5, 0.6) is 0 Å². The Morgan fingerprint density at radius 1 is 1.19 bits per heavy atom. The van der Waals surface area contributed by atoms with Crippen molar-refractivity contribution in [2.24, 2.45) is 0 Å². The summed E-state index contributed by atoms with van der Waals surface area (Å²) in [6.07, 6.45) is 3.74. The molecule has 9 heteroatoms. The number of aryl methyl sites for hydroxylation is 1. The number of imidazole rings is 1. The molecule has 2 aromatic heterocycles. The second kappa shape index (κ2) is 9.04. The largest absolute Gasteiger partial charge is 0.337 e. The summed E-state index contributed by atoms with van der Waals surface area (Å²) in [5.74, 6) is 0.573. The Labute approximate surface area is 186 Å². The zero-order valence-electron chi connectivity index (χ0n) is 18.8. The van der Waals surface area contributed by atoms with E-state index in [1.165, 1.54) is 0 Å². The molecule has 1 aliphatic heterocycles. The van der Waals surface area contributed by atoms with Gasteiger partial charge in [-0.15, -0.1) is 0 Å². The van der Waals surface area contributed by atoms with E-state index in [4.69, 9.17) is 0 Å². The first-order chi connectivity index (χ1) is 15.4. The third-order valence-electron chi connectivity index (χ3n) is 5.76. The van der Waals surface area contributed by atoms with Gasteiger partial charge in [0.05, 0.1) is 18.1 Å². The number of aromatic nitrogens is 4. The Hall–Kier alpha value is -3.33. The quantitative estimate of drug-likeness (QED) is 0.613. The number of hydrogen-bond donors (Lipinski definition) is 2. The van der Waals surface area contributed by atoms with Crippen molar-refractivity contribution < 1.29 is 9.18 Å². The predicted octanol–water partition coefficient (Wildman–Crippen LogP) is 3.55. The molecule has 1 saturated heterocycles. The third-order valence-corrected chi connectivity index (χ3v) is 5.76. The molecule has 1 amide bonds. The normalized spacial score (nSPS) is 16.1. The number of hydrogen-bond acceptors (Lipinski definition) is 6. The first kappa shape index (κ1) is 21.9. The molecule has 1 fully saturated rings. The third kappa shape index (κ3) is 4.34. The van der Waals surface area contributed by atoms with Crippen molar-refractivity contribution in [1.29, 1.82) is 0 Å². The predicted molar refractivity (Wildman–Crippen MR) is 121 cm³/mol. The molecule has 4 rings (SSSR count). The highest BCUT2D eigenvalue weighted by Gasteiger charge is 2.25. The number of likely N-dealkylation sites (N-methyl/N-ethyl adjacent to an activating group) is 1. The average molecular weight is 438 g/mol. The summed E-state index contributed by atoms with van der Waals surface area (Å²) in [6.45, 7) is 7.38. The summed E-state index contributed by atoms with van der Waals surface area (Å²) in [5.41, 5.74) is 2.13. The van der Waals surface area contributed by atoms with Crippen LogP contribution >= 0.6 is 0 Å². The molecule has 0 aliphatic carbocycles. The second-order valence-corrected chi connectivity index (χ2v) is 8.27. The number of carbonyl (C=O) groups excluding carboxylic acids is 1. The molecule has 0 bridgehead atoms. The van der Waals surface area contributed by atoms with Crippen molar-refractivity contribution in [3.05, 3.63) is 53.9 Å². The molecule has 32 heavy (non-hydrogen) atoms. The molecule has 3 aromatic rings. The Morgan fingerprint density at radius 2 is 1.94 bits per heavy atom. The van der Waals surface area contributed by atoms with Crippen LogP contribution in [-0.2, 0) is 0 Å². The first-order valence-corrected chi connectivity index (χ1v) is 10.8. The zero-order chi connectivity index (χ0) is 22.8. The van der Waals surface area contributed by atoms with Gasteiger partial charge in [0, 0.05) is 36.4 Å². The molecule has 0 saturated carbocycles. The van der Waals surface area contributed by atoms with Crippen molar-refractivity contribution in [3.8, 4) is 11.4 Å². The van der Waals surface area contributed by atoms with E-state index < -0.39 is 5.82 Å². The maximum atomic E-state index is 14.5. The van der Waals surface area contributed by atoms with Gasteiger partial charge in [0.25, 0.3) is 5.91 Å². The fraction of sp³-hybridized carbons (Fsp3) is 0.391. The summed E-state index contributed by atoms with van der Waals surface area (Å²) in [4.78, 5) is 27.3. The maximum absolute atomic E-state index is 14.5. The number of benzene rings is 1. The molecule has 0 unspecified atom stereocenters. The Balaban J connectivity index is 1.52. The number of nitrogens with zero attached hydrogens (tertiary/aromatic N) is 5. The number of anilines is 2. The molecular formula is C23H28FN7O. The van der Waals surface area contributed by atoms with Gasteiger partial charge >= 0.3 is 0 Å². The van der Waals surface area contributed by atoms with Gasteiger partial charge in [0.2, 0.25) is 5.95 Å². The van der Waals surface area contributed by atoms with Crippen molar-refractivity contribution >= 4 is 17.5 Å². The van der Waals surface area contributed by atoms with E-state index in [9.17, 15) is 9.18 Å². The molecule has 8 nitrogen and oxygen atoms in total. The molecule has 3 heterocycles. The molecular weight excluding hydrogens is 409 g/mol. The summed E-state index contributed by atoms with van der Waals surface area (Å²) in [6, 6.07) is 7.61. The topological polar surface area (TPSA) is 88.0 Å². The summed E-state index contributed by atoms with van der Waals surface area (Å²) >= 11 is 0. The van der Waals surface area contributed by atoms with Gasteiger partial charge < -0.3 is 20.1 Å². The number of likely N-dealkylation sites (tertiary alicyclic amines) is 1. The van der Waals surface area contributed by atoms with E-state index in [0.29, 0.717) is 29.5 Å². The van der Waals surface area contributed by atoms with Gasteiger partial charge in [0.1, 0.15) is 11.5 Å². The van der Waals surface area contributed by atoms with Crippen molar-refractivity contribution in [2.75, 3.05) is 25.5 Å². The van der Waals surface area contributed by atoms with Gasteiger partial charge in [-0.2, -0.15) is 0 Å². The van der Waals surface area contributed by atoms with Crippen LogP contribution in [0.2, 0.25) is 0 Å². The Morgan fingerprint density at radius 3 is 2.59 bits per heavy atom. The van der Waals surface area contributed by atoms with Gasteiger partial charge in [-0.25, -0.2) is 19.3 Å². The minimum absolute atomic E-state index is 0.0203. The van der Waals surface area contributed by atoms with E-state index in [2.05, 4.69) is 25.6 Å². The second-order valence-electron chi connectivity index (χ2n) is 8.27. The van der Waals surface area contributed by atoms with Crippen LogP contribution < -0.4 is 10.6 Å². The number of rotatable bonds is 6. The SMILES string of the molecule is CN[C@H]1CCN(C(=O)c2ccc(Nc3ncc(F)c(-c4cnc(C)n4C(C)C)n3)cc2)C1. The van der Waals surface area contributed by atoms with Gasteiger partial charge in [-0.3, -0.25) is 4.79 Å². The molecule has 1 aliphatic rings. The fourth-order valence-corrected chi connectivity index (χ4v) is 4.08. The summed E-state index contributed by atoms with van der Waals surface area (Å²) < 4.78 is 16.5. The molecule has 1 atom stereocenters. The summed E-state index contributed by atoms with van der Waals surface area (Å²) in [7, 11) is 1.92. The zero-order valence-corrected chi connectivity index (χ0v) is 18.8. The van der Waals surface area contributed by atoms with Crippen LogP contribution in [0.15, 0.2) is 36.7 Å². The highest BCUT2D eigenvalue weighted by atomic mass is 19.1. The minimum Gasteiger partial charge on any atom is -0.337 e. The lowest BCUT2D eigenvalue weighted by molar-refractivity contribution is 0.0789. The van der Waals surface area contributed by atoms with E-state index in [1.54, 1.807) is 30.5 Å². The van der Waals surface area contributed by atoms with Crippen LogP contribution in [0.3, 0.4) is 0 Å². The van der Waals surface area contributed by atoms with Crippen molar-refractivity contribution in [1.82, 2.24) is 29.7 Å². The van der Waals surface area contributed by atoms with Gasteiger partial charge in [-0.05, 0) is 58.5 Å². The lowest BCUT2D eigenvalue weighted by Gasteiger charge is -2.17. The minimum atomic E-state index is -0.510. The number of carbonyl (C=O) groups is 1. The van der Waals surface area contributed by atoms with Crippen LogP contribution in [0.1, 0.15) is 42.5 Å². The van der Waals surface area contributed by atoms with E-state index in [-0.39, 0.29) is 23.6 Å². The number of halogens is 1. The monoisotopic (exact) mass is 437 g/mol. The van der Waals surface area contributed by atoms with Crippen LogP contribution in [0.25, 0.3) is 11.4 Å². The van der Waals surface area contributed by atoms with Crippen molar-refractivity contribution in [2.45, 2.75) is 39.3 Å². The van der Waals surface area contributed by atoms with Crippen molar-refractivity contribution in [3.63, 3.8) is 0 Å². The van der Waals surface area contributed by atoms with Crippen LogP contribution in [-0.4, -0.2) is 56.5 Å². The molecule has 168 valence electrons. The van der Waals surface area contributed by atoms with E-state index in [0.717, 1.165) is 25.0 Å². The molecule has 0 spiro atoms. The molecule has 0 radical (unpaired) electrons. The lowest BCUT2D eigenvalue weighted by atomic mass is 10.2. The van der Waals surface area contributed by atoms with Crippen LogP contribution in [0.4, 0.5) is 16.0 Å². The highest BCUT2D eigenvalue weighted by Crippen LogP contribution is 2.26.